The number of hydrogen-bond acceptors (Lipinski definition) is 5. The number of methoxy groups -OCH3 is 1. The highest BCUT2D eigenvalue weighted by molar-refractivity contribution is 6.33. The van der Waals surface area contributed by atoms with Crippen LogP contribution in [0, 0.1) is 40.4 Å². The summed E-state index contributed by atoms with van der Waals surface area (Å²) in [6.45, 7) is 5.11. The standard InChI is InChI=1S/C26H41N2O4/c1-24-12-5-4-6-17(24)7-8-19-20-9-10-22(25(20,2)13-11-21(19)24)23(29)14-18-15-28(16-27-18)26(30,31)32-3/h15,17,19-22,30-31H,4-14,16H2,1-3H3/q+1/t17?,19?,20?,21?,22-,24+,25+/m1/s1. The van der Waals surface area contributed by atoms with E-state index in [0.29, 0.717) is 17.0 Å². The fraction of sp³-hybridized carbons (Fsp3) is 0.885. The number of fused-ring (bicyclic) bond motifs is 5. The van der Waals surface area contributed by atoms with Crippen molar-refractivity contribution in [1.29, 1.82) is 0 Å². The van der Waals surface area contributed by atoms with Crippen LogP contribution in [0.2, 0.25) is 0 Å². The molecule has 0 aromatic carbocycles. The molecule has 5 aliphatic rings. The Hall–Kier alpha value is -1.11. The molecule has 1 heterocycles. The Morgan fingerprint density at radius 3 is 2.66 bits per heavy atom. The van der Waals surface area contributed by atoms with Crippen LogP contribution in [0.15, 0.2) is 4.99 Å². The van der Waals surface area contributed by atoms with E-state index in [-0.39, 0.29) is 30.2 Å². The zero-order valence-electron chi connectivity index (χ0n) is 20.1. The summed E-state index contributed by atoms with van der Waals surface area (Å²) in [7, 11) is 1.23. The monoisotopic (exact) mass is 445 g/mol. The van der Waals surface area contributed by atoms with E-state index >= 15 is 0 Å². The number of rotatable bonds is 5. The predicted molar refractivity (Wildman–Crippen MR) is 122 cm³/mol. The number of Topliss-reactive ketones (excluding diaryl/α,β-unsaturated/α-hetero) is 1. The Labute approximate surface area is 192 Å². The van der Waals surface area contributed by atoms with Gasteiger partial charge in [-0.2, -0.15) is 0 Å². The lowest BCUT2D eigenvalue weighted by molar-refractivity contribution is -0.763. The van der Waals surface area contributed by atoms with Gasteiger partial charge < -0.3 is 0 Å². The molecule has 0 bridgehead atoms. The lowest BCUT2D eigenvalue weighted by Crippen LogP contribution is -2.53. The summed E-state index contributed by atoms with van der Waals surface area (Å²) in [5.41, 5.74) is 1.26. The summed E-state index contributed by atoms with van der Waals surface area (Å²) in [6, 6.07) is 0. The molecule has 0 saturated heterocycles. The van der Waals surface area contributed by atoms with Gasteiger partial charge in [0.15, 0.2) is 6.21 Å². The van der Waals surface area contributed by atoms with E-state index in [9.17, 15) is 15.0 Å². The Kier molecular flexibility index (Phi) is 5.66. The molecule has 178 valence electrons. The van der Waals surface area contributed by atoms with Gasteiger partial charge in [-0.15, -0.1) is 4.58 Å². The summed E-state index contributed by atoms with van der Waals surface area (Å²) in [6.07, 6.45) is 12.6. The predicted octanol–water partition coefficient (Wildman–Crippen LogP) is 3.73. The summed E-state index contributed by atoms with van der Waals surface area (Å²) in [5.74, 6) is 3.63. The number of aliphatic imine (C=N–C) groups is 1. The molecule has 0 aromatic rings. The van der Waals surface area contributed by atoms with Gasteiger partial charge >= 0.3 is 6.10 Å². The van der Waals surface area contributed by atoms with Crippen molar-refractivity contribution in [2.75, 3.05) is 13.8 Å². The minimum absolute atomic E-state index is 0.0948. The first-order valence-electron chi connectivity index (χ1n) is 12.9. The van der Waals surface area contributed by atoms with Crippen molar-refractivity contribution in [3.63, 3.8) is 0 Å². The third-order valence-electron chi connectivity index (χ3n) is 10.7. The lowest BCUT2D eigenvalue weighted by atomic mass is 9.45. The summed E-state index contributed by atoms with van der Waals surface area (Å²) in [5, 5.41) is 19.7. The molecule has 4 fully saturated rings. The number of ether oxygens (including phenoxy) is 1. The number of carbonyl (C=O) groups is 1. The van der Waals surface area contributed by atoms with Crippen molar-refractivity contribution in [2.45, 2.75) is 90.6 Å². The highest BCUT2D eigenvalue weighted by Gasteiger charge is 2.60. The SMILES string of the molecule is COC(O)(O)[N+]1=CC(CC(=O)[C@H]2CCC3C4CCC5CCCC[C@]5(C)C4CC[C@@]32C)=NC1. The Bertz CT molecular complexity index is 836. The van der Waals surface area contributed by atoms with Gasteiger partial charge in [-0.3, -0.25) is 19.7 Å². The molecule has 0 radical (unpaired) electrons. The third kappa shape index (κ3) is 3.43. The second-order valence-electron chi connectivity index (χ2n) is 11.9. The van der Waals surface area contributed by atoms with Crippen LogP contribution in [0.4, 0.5) is 0 Å². The molecule has 6 heteroatoms. The molecular weight excluding hydrogens is 404 g/mol. The van der Waals surface area contributed by atoms with Crippen molar-refractivity contribution in [3.8, 4) is 0 Å². The second-order valence-corrected chi connectivity index (χ2v) is 11.9. The van der Waals surface area contributed by atoms with Crippen LogP contribution in [-0.4, -0.2) is 52.4 Å². The Balaban J connectivity index is 1.30. The van der Waals surface area contributed by atoms with Gasteiger partial charge in [0.25, 0.3) is 0 Å². The lowest BCUT2D eigenvalue weighted by Gasteiger charge is -2.60. The van der Waals surface area contributed by atoms with E-state index in [2.05, 4.69) is 18.8 Å². The third-order valence-corrected chi connectivity index (χ3v) is 10.7. The molecule has 0 amide bonds. The van der Waals surface area contributed by atoms with Crippen LogP contribution in [0.25, 0.3) is 0 Å². The molecule has 2 N–H and O–H groups in total. The average molecular weight is 446 g/mol. The first-order valence-corrected chi connectivity index (χ1v) is 12.9. The summed E-state index contributed by atoms with van der Waals surface area (Å²) < 4.78 is 5.92. The molecule has 0 aromatic heterocycles. The van der Waals surface area contributed by atoms with Crippen molar-refractivity contribution in [2.24, 2.45) is 45.4 Å². The highest BCUT2D eigenvalue weighted by atomic mass is 16.8. The largest absolute Gasteiger partial charge is 0.516 e. The molecular formula is C26H41N2O4+. The van der Waals surface area contributed by atoms with E-state index in [1.54, 1.807) is 6.21 Å². The molecule has 0 spiro atoms. The number of carbonyl (C=O) groups excluding carboxylic acids is 1. The normalized spacial score (nSPS) is 43.7. The van der Waals surface area contributed by atoms with Crippen molar-refractivity contribution < 1.29 is 24.3 Å². The highest BCUT2D eigenvalue weighted by Crippen LogP contribution is 2.67. The van der Waals surface area contributed by atoms with Gasteiger partial charge in [-0.25, -0.2) is 4.99 Å². The minimum Gasteiger partial charge on any atom is -0.299 e. The zero-order valence-corrected chi connectivity index (χ0v) is 20.1. The van der Waals surface area contributed by atoms with Crippen LogP contribution >= 0.6 is 0 Å². The fourth-order valence-corrected chi connectivity index (χ4v) is 8.95. The molecule has 4 saturated carbocycles. The fourth-order valence-electron chi connectivity index (χ4n) is 8.95. The van der Waals surface area contributed by atoms with Crippen molar-refractivity contribution in [1.82, 2.24) is 0 Å². The van der Waals surface area contributed by atoms with Gasteiger partial charge in [0.2, 0.25) is 6.67 Å². The van der Waals surface area contributed by atoms with Gasteiger partial charge in [-0.05, 0) is 85.9 Å². The van der Waals surface area contributed by atoms with Gasteiger partial charge in [0.1, 0.15) is 11.5 Å². The molecule has 1 aliphatic heterocycles. The summed E-state index contributed by atoms with van der Waals surface area (Å²) >= 11 is 0. The average Bonchev–Trinajstić information content (AvgIpc) is 3.37. The zero-order chi connectivity index (χ0) is 22.7. The number of aliphatic hydroxyl groups is 2. The quantitative estimate of drug-likeness (QED) is 0.499. The van der Waals surface area contributed by atoms with Gasteiger partial charge in [-0.1, -0.05) is 26.7 Å². The summed E-state index contributed by atoms with van der Waals surface area (Å²) in [4.78, 5) is 17.8. The van der Waals surface area contributed by atoms with E-state index < -0.39 is 6.10 Å². The molecule has 4 unspecified atom stereocenters. The maximum atomic E-state index is 13.5. The van der Waals surface area contributed by atoms with Crippen LogP contribution in [-0.2, 0) is 9.53 Å². The minimum atomic E-state index is -2.38. The first-order chi connectivity index (χ1) is 15.2. The molecule has 7 atom stereocenters. The topological polar surface area (TPSA) is 82.1 Å². The van der Waals surface area contributed by atoms with E-state index in [1.165, 1.54) is 69.5 Å². The number of nitrogens with zero attached hydrogens (tertiary/aromatic N) is 2. The molecule has 5 rings (SSSR count). The molecule has 32 heavy (non-hydrogen) atoms. The van der Waals surface area contributed by atoms with Gasteiger partial charge in [0.05, 0.1) is 6.42 Å². The first kappa shape index (κ1) is 22.7. The smallest absolute Gasteiger partial charge is 0.299 e. The van der Waals surface area contributed by atoms with E-state index in [0.717, 1.165) is 24.2 Å². The van der Waals surface area contributed by atoms with Crippen LogP contribution in [0.3, 0.4) is 0 Å². The Morgan fingerprint density at radius 2 is 1.88 bits per heavy atom. The second kappa shape index (κ2) is 7.99. The Morgan fingerprint density at radius 1 is 1.09 bits per heavy atom. The maximum absolute atomic E-state index is 13.5. The molecule has 6 nitrogen and oxygen atoms in total. The number of ketones is 1. The molecule has 4 aliphatic carbocycles. The van der Waals surface area contributed by atoms with Crippen molar-refractivity contribution >= 4 is 17.7 Å². The van der Waals surface area contributed by atoms with Crippen LogP contribution in [0.5, 0.6) is 0 Å². The maximum Gasteiger partial charge on any atom is 0.516 e. The van der Waals surface area contributed by atoms with Crippen LogP contribution in [0.1, 0.15) is 84.5 Å². The van der Waals surface area contributed by atoms with Crippen LogP contribution < -0.4 is 0 Å². The van der Waals surface area contributed by atoms with E-state index in [4.69, 9.17) is 4.74 Å². The van der Waals surface area contributed by atoms with E-state index in [1.807, 2.05) is 0 Å². The van der Waals surface area contributed by atoms with Gasteiger partial charge in [0, 0.05) is 13.0 Å². The number of hydrogen-bond donors (Lipinski definition) is 2. The van der Waals surface area contributed by atoms with Crippen molar-refractivity contribution in [3.05, 3.63) is 0 Å².